The molecule has 0 unspecified atom stereocenters. The molecule has 0 spiro atoms. The molecule has 2 aromatic carbocycles. The summed E-state index contributed by atoms with van der Waals surface area (Å²) >= 11 is 0. The Hall–Kier alpha value is -2.22. The molecule has 0 aromatic heterocycles. The molecule has 1 aliphatic heterocycles. The Kier molecular flexibility index (Phi) is 8.01. The highest BCUT2D eigenvalue weighted by molar-refractivity contribution is 7.89. The monoisotopic (exact) mass is 430 g/mol. The fourth-order valence-electron chi connectivity index (χ4n) is 3.55. The van der Waals surface area contributed by atoms with Gasteiger partial charge in [-0.15, -0.1) is 0 Å². The highest BCUT2D eigenvalue weighted by Crippen LogP contribution is 2.21. The molecule has 1 amide bonds. The number of amides is 1. The van der Waals surface area contributed by atoms with Crippen molar-refractivity contribution in [2.24, 2.45) is 0 Å². The smallest absolute Gasteiger partial charge is 0.243 e. The predicted molar refractivity (Wildman–Crippen MR) is 116 cm³/mol. The number of nitrogens with zero attached hydrogens (tertiary/aromatic N) is 1. The first kappa shape index (κ1) is 22.5. The summed E-state index contributed by atoms with van der Waals surface area (Å²) in [6.45, 7) is 2.25. The Balaban J connectivity index is 1.46. The van der Waals surface area contributed by atoms with E-state index in [0.29, 0.717) is 44.0 Å². The zero-order valence-corrected chi connectivity index (χ0v) is 18.3. The number of sulfonamides is 1. The zero-order valence-electron chi connectivity index (χ0n) is 17.5. The van der Waals surface area contributed by atoms with Gasteiger partial charge in [-0.3, -0.25) is 4.79 Å². The second kappa shape index (κ2) is 10.7. The van der Waals surface area contributed by atoms with Crippen molar-refractivity contribution in [2.75, 3.05) is 20.2 Å². The number of piperidine rings is 1. The third kappa shape index (κ3) is 6.14. The van der Waals surface area contributed by atoms with E-state index in [4.69, 9.17) is 4.74 Å². The highest BCUT2D eigenvalue weighted by Gasteiger charge is 2.25. The van der Waals surface area contributed by atoms with Gasteiger partial charge in [-0.1, -0.05) is 42.8 Å². The number of rotatable bonds is 9. The first-order valence-electron chi connectivity index (χ1n) is 10.4. The molecule has 7 heteroatoms. The summed E-state index contributed by atoms with van der Waals surface area (Å²) in [5.74, 6) is -0.0269. The molecule has 1 N–H and O–H groups in total. The highest BCUT2D eigenvalue weighted by atomic mass is 32.2. The predicted octanol–water partition coefficient (Wildman–Crippen LogP) is 3.26. The fraction of sp³-hybridized carbons (Fsp3) is 0.435. The molecule has 0 radical (unpaired) electrons. The van der Waals surface area contributed by atoms with Gasteiger partial charge in [-0.2, -0.15) is 4.31 Å². The van der Waals surface area contributed by atoms with E-state index in [2.05, 4.69) is 5.32 Å². The third-order valence-electron chi connectivity index (χ3n) is 5.34. The van der Waals surface area contributed by atoms with Crippen LogP contribution >= 0.6 is 0 Å². The second-order valence-electron chi connectivity index (χ2n) is 7.63. The number of hydrogen-bond acceptors (Lipinski definition) is 4. The molecule has 1 aliphatic rings. The number of hydrogen-bond donors (Lipinski definition) is 1. The molecule has 162 valence electrons. The standard InChI is InChI=1S/C23H30N2O4S/c1-29-18-21-7-5-20(6-8-21)17-24-23(26)14-11-19-9-12-22(13-10-19)30(27,28)25-15-3-2-4-16-25/h5-10,12-13H,2-4,11,14-18H2,1H3,(H,24,26). The molecular weight excluding hydrogens is 400 g/mol. The molecule has 0 bridgehead atoms. The number of ether oxygens (including phenoxy) is 1. The molecule has 1 fully saturated rings. The molecule has 0 aliphatic carbocycles. The Bertz CT molecular complexity index is 919. The lowest BCUT2D eigenvalue weighted by Gasteiger charge is -2.25. The largest absolute Gasteiger partial charge is 0.380 e. The Morgan fingerprint density at radius 2 is 1.53 bits per heavy atom. The van der Waals surface area contributed by atoms with Crippen molar-refractivity contribution in [3.8, 4) is 0 Å². The second-order valence-corrected chi connectivity index (χ2v) is 9.57. The van der Waals surface area contributed by atoms with Crippen molar-refractivity contribution in [1.29, 1.82) is 0 Å². The average molecular weight is 431 g/mol. The van der Waals surface area contributed by atoms with Gasteiger partial charge in [0.1, 0.15) is 0 Å². The van der Waals surface area contributed by atoms with E-state index >= 15 is 0 Å². The third-order valence-corrected chi connectivity index (χ3v) is 7.25. The van der Waals surface area contributed by atoms with Gasteiger partial charge >= 0.3 is 0 Å². The lowest BCUT2D eigenvalue weighted by Crippen LogP contribution is -2.35. The zero-order chi connectivity index (χ0) is 21.4. The summed E-state index contributed by atoms with van der Waals surface area (Å²) in [6.07, 6.45) is 3.86. The van der Waals surface area contributed by atoms with E-state index in [-0.39, 0.29) is 5.91 Å². The summed E-state index contributed by atoms with van der Waals surface area (Å²) in [5.41, 5.74) is 3.08. The van der Waals surface area contributed by atoms with Gasteiger partial charge in [0.2, 0.25) is 15.9 Å². The number of carbonyl (C=O) groups excluding carboxylic acids is 1. The van der Waals surface area contributed by atoms with Crippen LogP contribution in [0.4, 0.5) is 0 Å². The van der Waals surface area contributed by atoms with Gasteiger partial charge in [0.25, 0.3) is 0 Å². The molecular formula is C23H30N2O4S. The normalized spacial score (nSPS) is 15.1. The lowest BCUT2D eigenvalue weighted by molar-refractivity contribution is -0.121. The van der Waals surface area contributed by atoms with Crippen LogP contribution in [0.25, 0.3) is 0 Å². The molecule has 30 heavy (non-hydrogen) atoms. The lowest BCUT2D eigenvalue weighted by atomic mass is 10.1. The van der Waals surface area contributed by atoms with Crippen LogP contribution in [-0.2, 0) is 39.1 Å². The molecule has 0 atom stereocenters. The number of aryl methyl sites for hydroxylation is 1. The Morgan fingerprint density at radius 3 is 2.17 bits per heavy atom. The number of nitrogens with one attached hydrogen (secondary N) is 1. The number of carbonyl (C=O) groups is 1. The van der Waals surface area contributed by atoms with Crippen molar-refractivity contribution in [3.63, 3.8) is 0 Å². The van der Waals surface area contributed by atoms with Crippen LogP contribution in [-0.4, -0.2) is 38.8 Å². The first-order chi connectivity index (χ1) is 14.5. The van der Waals surface area contributed by atoms with Crippen LogP contribution in [0, 0.1) is 0 Å². The molecule has 1 heterocycles. The van der Waals surface area contributed by atoms with Crippen molar-refractivity contribution in [1.82, 2.24) is 9.62 Å². The van der Waals surface area contributed by atoms with E-state index < -0.39 is 10.0 Å². The van der Waals surface area contributed by atoms with Gasteiger partial charge in [-0.05, 0) is 48.1 Å². The molecule has 2 aromatic rings. The summed E-state index contributed by atoms with van der Waals surface area (Å²) < 4.78 is 32.1. The van der Waals surface area contributed by atoms with Gasteiger partial charge in [0.15, 0.2) is 0 Å². The number of methoxy groups -OCH3 is 1. The van der Waals surface area contributed by atoms with Crippen LogP contribution in [0.3, 0.4) is 0 Å². The summed E-state index contributed by atoms with van der Waals surface area (Å²) in [6, 6.07) is 14.9. The minimum Gasteiger partial charge on any atom is -0.380 e. The van der Waals surface area contributed by atoms with Crippen molar-refractivity contribution < 1.29 is 17.9 Å². The summed E-state index contributed by atoms with van der Waals surface area (Å²) in [4.78, 5) is 12.5. The van der Waals surface area contributed by atoms with Crippen LogP contribution < -0.4 is 5.32 Å². The topological polar surface area (TPSA) is 75.7 Å². The van der Waals surface area contributed by atoms with E-state index in [0.717, 1.165) is 36.0 Å². The van der Waals surface area contributed by atoms with Gasteiger partial charge in [-0.25, -0.2) is 8.42 Å². The van der Waals surface area contributed by atoms with Crippen LogP contribution in [0.5, 0.6) is 0 Å². The summed E-state index contributed by atoms with van der Waals surface area (Å²) in [5, 5.41) is 2.93. The quantitative estimate of drug-likeness (QED) is 0.663. The molecule has 6 nitrogen and oxygen atoms in total. The molecule has 3 rings (SSSR count). The van der Waals surface area contributed by atoms with Crippen molar-refractivity contribution >= 4 is 15.9 Å². The maximum Gasteiger partial charge on any atom is 0.243 e. The minimum atomic E-state index is -3.41. The minimum absolute atomic E-state index is 0.0269. The summed E-state index contributed by atoms with van der Waals surface area (Å²) in [7, 11) is -1.75. The maximum atomic E-state index is 12.7. The van der Waals surface area contributed by atoms with Crippen molar-refractivity contribution in [3.05, 3.63) is 65.2 Å². The van der Waals surface area contributed by atoms with Gasteiger partial charge in [0, 0.05) is 33.2 Å². The van der Waals surface area contributed by atoms with Crippen LogP contribution in [0.15, 0.2) is 53.4 Å². The van der Waals surface area contributed by atoms with Gasteiger partial charge < -0.3 is 10.1 Å². The van der Waals surface area contributed by atoms with Gasteiger partial charge in [0.05, 0.1) is 11.5 Å². The van der Waals surface area contributed by atoms with E-state index in [1.165, 1.54) is 0 Å². The van der Waals surface area contributed by atoms with Crippen LogP contribution in [0.1, 0.15) is 42.4 Å². The fourth-order valence-corrected chi connectivity index (χ4v) is 5.07. The van der Waals surface area contributed by atoms with E-state index in [1.807, 2.05) is 24.3 Å². The SMILES string of the molecule is COCc1ccc(CNC(=O)CCc2ccc(S(=O)(=O)N3CCCCC3)cc2)cc1. The van der Waals surface area contributed by atoms with E-state index in [1.54, 1.807) is 35.7 Å². The molecule has 0 saturated carbocycles. The van der Waals surface area contributed by atoms with E-state index in [9.17, 15) is 13.2 Å². The average Bonchev–Trinajstić information content (AvgIpc) is 2.78. The number of benzene rings is 2. The Labute approximate surface area is 179 Å². The Morgan fingerprint density at radius 1 is 0.933 bits per heavy atom. The first-order valence-corrected chi connectivity index (χ1v) is 11.9. The van der Waals surface area contributed by atoms with Crippen molar-refractivity contribution in [2.45, 2.75) is 50.2 Å². The molecule has 1 saturated heterocycles. The maximum absolute atomic E-state index is 12.7. The van der Waals surface area contributed by atoms with Crippen LogP contribution in [0.2, 0.25) is 0 Å².